The molecule has 0 atom stereocenters. The van der Waals surface area contributed by atoms with Crippen LogP contribution in [0.5, 0.6) is 0 Å². The summed E-state index contributed by atoms with van der Waals surface area (Å²) in [6, 6.07) is 0. The number of ether oxygens (including phenoxy) is 1. The van der Waals surface area contributed by atoms with E-state index in [2.05, 4.69) is 36.3 Å². The highest BCUT2D eigenvalue weighted by Gasteiger charge is 2.19. The Kier molecular flexibility index (Phi) is 5.10. The SMILES string of the molecule is Cc1c(CNC(=O)c2nc(N3CCOCC3)ncc2Br)cnn1C. The number of anilines is 1. The van der Waals surface area contributed by atoms with Crippen molar-refractivity contribution in [3.05, 3.63) is 33.8 Å². The molecule has 24 heavy (non-hydrogen) atoms. The molecule has 0 spiro atoms. The summed E-state index contributed by atoms with van der Waals surface area (Å²) in [5.74, 6) is 0.297. The van der Waals surface area contributed by atoms with Gasteiger partial charge in [0.15, 0.2) is 0 Å². The van der Waals surface area contributed by atoms with Crippen LogP contribution in [0.15, 0.2) is 16.9 Å². The maximum absolute atomic E-state index is 12.5. The molecule has 1 N–H and O–H groups in total. The lowest BCUT2D eigenvalue weighted by Gasteiger charge is -2.26. The van der Waals surface area contributed by atoms with E-state index in [1.54, 1.807) is 17.1 Å². The first-order valence-electron chi connectivity index (χ1n) is 7.67. The molecule has 0 aliphatic carbocycles. The zero-order chi connectivity index (χ0) is 17.1. The van der Waals surface area contributed by atoms with E-state index in [0.717, 1.165) is 24.3 Å². The highest BCUT2D eigenvalue weighted by molar-refractivity contribution is 9.10. The normalized spacial score (nSPS) is 14.7. The van der Waals surface area contributed by atoms with Crippen molar-refractivity contribution in [2.45, 2.75) is 13.5 Å². The van der Waals surface area contributed by atoms with Gasteiger partial charge in [-0.15, -0.1) is 0 Å². The number of halogens is 1. The summed E-state index contributed by atoms with van der Waals surface area (Å²) >= 11 is 3.35. The third-order valence-electron chi connectivity index (χ3n) is 4.02. The Balaban J connectivity index is 1.72. The number of aryl methyl sites for hydroxylation is 1. The van der Waals surface area contributed by atoms with E-state index in [9.17, 15) is 4.79 Å². The summed E-state index contributed by atoms with van der Waals surface area (Å²) in [6.07, 6.45) is 3.37. The topological polar surface area (TPSA) is 85.2 Å². The summed E-state index contributed by atoms with van der Waals surface area (Å²) < 4.78 is 7.68. The van der Waals surface area contributed by atoms with Crippen LogP contribution in [-0.4, -0.2) is 52.0 Å². The van der Waals surface area contributed by atoms with Crippen LogP contribution in [0.4, 0.5) is 5.95 Å². The molecule has 128 valence electrons. The minimum Gasteiger partial charge on any atom is -0.378 e. The number of hydrogen-bond donors (Lipinski definition) is 1. The molecule has 0 unspecified atom stereocenters. The molecule has 0 radical (unpaired) electrons. The Bertz CT molecular complexity index is 742. The fourth-order valence-electron chi connectivity index (χ4n) is 2.41. The molecule has 3 rings (SSSR count). The summed E-state index contributed by atoms with van der Waals surface area (Å²) in [5.41, 5.74) is 2.32. The zero-order valence-electron chi connectivity index (χ0n) is 13.6. The second-order valence-electron chi connectivity index (χ2n) is 5.53. The van der Waals surface area contributed by atoms with Crippen LogP contribution in [0.3, 0.4) is 0 Å². The molecule has 1 aliphatic rings. The van der Waals surface area contributed by atoms with Crippen molar-refractivity contribution in [1.29, 1.82) is 0 Å². The monoisotopic (exact) mass is 394 g/mol. The number of amides is 1. The van der Waals surface area contributed by atoms with Gasteiger partial charge in [0, 0.05) is 44.1 Å². The van der Waals surface area contributed by atoms with Gasteiger partial charge in [-0.25, -0.2) is 9.97 Å². The molecule has 2 aromatic rings. The van der Waals surface area contributed by atoms with E-state index in [0.29, 0.717) is 35.9 Å². The van der Waals surface area contributed by atoms with Crippen molar-refractivity contribution in [2.24, 2.45) is 7.05 Å². The molecule has 2 aromatic heterocycles. The van der Waals surface area contributed by atoms with Gasteiger partial charge in [0.1, 0.15) is 5.69 Å². The predicted molar refractivity (Wildman–Crippen MR) is 91.9 cm³/mol. The molecule has 1 fully saturated rings. The second-order valence-corrected chi connectivity index (χ2v) is 6.38. The molecule has 0 saturated carbocycles. The first kappa shape index (κ1) is 16.8. The van der Waals surface area contributed by atoms with Crippen molar-refractivity contribution in [3.8, 4) is 0 Å². The standard InChI is InChI=1S/C15H19BrN6O2/c1-10-11(8-19-21(10)2)7-17-14(23)13-12(16)9-18-15(20-13)22-3-5-24-6-4-22/h8-9H,3-7H2,1-2H3,(H,17,23). The van der Waals surface area contributed by atoms with E-state index < -0.39 is 0 Å². The summed E-state index contributed by atoms with van der Waals surface area (Å²) in [7, 11) is 1.87. The molecule has 9 heteroatoms. The van der Waals surface area contributed by atoms with Gasteiger partial charge in [0.25, 0.3) is 5.91 Å². The third-order valence-corrected chi connectivity index (χ3v) is 4.60. The predicted octanol–water partition coefficient (Wildman–Crippen LogP) is 1.05. The quantitative estimate of drug-likeness (QED) is 0.833. The van der Waals surface area contributed by atoms with Crippen molar-refractivity contribution in [2.75, 3.05) is 31.2 Å². The molecule has 8 nitrogen and oxygen atoms in total. The van der Waals surface area contributed by atoms with Gasteiger partial charge >= 0.3 is 0 Å². The number of nitrogens with one attached hydrogen (secondary N) is 1. The molecular weight excluding hydrogens is 376 g/mol. The van der Waals surface area contributed by atoms with Gasteiger partial charge in [-0.1, -0.05) is 0 Å². The Labute approximate surface area is 148 Å². The number of aromatic nitrogens is 4. The average molecular weight is 395 g/mol. The van der Waals surface area contributed by atoms with E-state index >= 15 is 0 Å². The number of carbonyl (C=O) groups is 1. The Morgan fingerprint density at radius 1 is 1.38 bits per heavy atom. The fraction of sp³-hybridized carbons (Fsp3) is 0.467. The molecule has 0 aromatic carbocycles. The highest BCUT2D eigenvalue weighted by Crippen LogP contribution is 2.18. The lowest BCUT2D eigenvalue weighted by atomic mass is 10.2. The van der Waals surface area contributed by atoms with Gasteiger partial charge in [-0.3, -0.25) is 9.48 Å². The first-order valence-corrected chi connectivity index (χ1v) is 8.46. The maximum atomic E-state index is 12.5. The molecular formula is C15H19BrN6O2. The van der Waals surface area contributed by atoms with Crippen LogP contribution >= 0.6 is 15.9 Å². The average Bonchev–Trinajstić information content (AvgIpc) is 2.93. The van der Waals surface area contributed by atoms with Gasteiger partial charge in [-0.2, -0.15) is 5.10 Å². The minimum absolute atomic E-state index is 0.248. The summed E-state index contributed by atoms with van der Waals surface area (Å²) in [6.45, 7) is 5.09. The van der Waals surface area contributed by atoms with Crippen molar-refractivity contribution >= 4 is 27.8 Å². The van der Waals surface area contributed by atoms with Crippen LogP contribution in [0.2, 0.25) is 0 Å². The van der Waals surface area contributed by atoms with Crippen LogP contribution in [-0.2, 0) is 18.3 Å². The van der Waals surface area contributed by atoms with Crippen LogP contribution < -0.4 is 10.2 Å². The number of nitrogens with zero attached hydrogens (tertiary/aromatic N) is 5. The zero-order valence-corrected chi connectivity index (χ0v) is 15.2. The fourth-order valence-corrected chi connectivity index (χ4v) is 2.78. The van der Waals surface area contributed by atoms with Gasteiger partial charge in [-0.05, 0) is 22.9 Å². The second kappa shape index (κ2) is 7.27. The van der Waals surface area contributed by atoms with Gasteiger partial charge in [0.05, 0.1) is 23.9 Å². The first-order chi connectivity index (χ1) is 11.6. The summed E-state index contributed by atoms with van der Waals surface area (Å²) in [4.78, 5) is 23.2. The van der Waals surface area contributed by atoms with E-state index in [4.69, 9.17) is 4.74 Å². The lowest BCUT2D eigenvalue weighted by molar-refractivity contribution is 0.0944. The highest BCUT2D eigenvalue weighted by atomic mass is 79.9. The number of carbonyl (C=O) groups excluding carboxylic acids is 1. The molecule has 1 aliphatic heterocycles. The Morgan fingerprint density at radius 3 is 2.79 bits per heavy atom. The molecule has 1 amide bonds. The van der Waals surface area contributed by atoms with Gasteiger partial charge in [0.2, 0.25) is 5.95 Å². The number of hydrogen-bond acceptors (Lipinski definition) is 6. The Hall–Kier alpha value is -2.00. The number of morpholine rings is 1. The third kappa shape index (κ3) is 3.57. The van der Waals surface area contributed by atoms with E-state index in [1.165, 1.54) is 0 Å². The Morgan fingerprint density at radius 2 is 2.12 bits per heavy atom. The van der Waals surface area contributed by atoms with Crippen LogP contribution in [0.25, 0.3) is 0 Å². The van der Waals surface area contributed by atoms with Crippen molar-refractivity contribution < 1.29 is 9.53 Å². The minimum atomic E-state index is -0.248. The smallest absolute Gasteiger partial charge is 0.271 e. The van der Waals surface area contributed by atoms with E-state index in [1.807, 2.05) is 18.9 Å². The van der Waals surface area contributed by atoms with Gasteiger partial charge < -0.3 is 15.0 Å². The van der Waals surface area contributed by atoms with Crippen molar-refractivity contribution in [3.63, 3.8) is 0 Å². The maximum Gasteiger partial charge on any atom is 0.271 e. The summed E-state index contributed by atoms with van der Waals surface area (Å²) in [5, 5.41) is 7.06. The largest absolute Gasteiger partial charge is 0.378 e. The van der Waals surface area contributed by atoms with Crippen LogP contribution in [0, 0.1) is 6.92 Å². The molecule has 1 saturated heterocycles. The van der Waals surface area contributed by atoms with E-state index in [-0.39, 0.29) is 5.91 Å². The molecule has 3 heterocycles. The number of rotatable bonds is 4. The lowest BCUT2D eigenvalue weighted by Crippen LogP contribution is -2.37. The van der Waals surface area contributed by atoms with Crippen LogP contribution in [0.1, 0.15) is 21.7 Å². The van der Waals surface area contributed by atoms with Crippen molar-refractivity contribution in [1.82, 2.24) is 25.1 Å². The molecule has 0 bridgehead atoms.